The summed E-state index contributed by atoms with van der Waals surface area (Å²) < 4.78 is 7.24. The minimum atomic E-state index is -0.271. The first kappa shape index (κ1) is 19.5. The number of nitrogens with one attached hydrogen (secondary N) is 1. The van der Waals surface area contributed by atoms with Gasteiger partial charge in [0, 0.05) is 31.1 Å². The van der Waals surface area contributed by atoms with Crippen LogP contribution in [0.1, 0.15) is 45.6 Å². The lowest BCUT2D eigenvalue weighted by Gasteiger charge is -2.21. The van der Waals surface area contributed by atoms with Gasteiger partial charge in [0.05, 0.1) is 24.4 Å². The second-order valence-corrected chi connectivity index (χ2v) is 8.09. The maximum Gasteiger partial charge on any atom is 0.337 e. The van der Waals surface area contributed by atoms with Gasteiger partial charge in [-0.1, -0.05) is 42.0 Å². The summed E-state index contributed by atoms with van der Waals surface area (Å²) in [6.45, 7) is 4.96. The Labute approximate surface area is 172 Å². The Kier molecular flexibility index (Phi) is 5.81. The van der Waals surface area contributed by atoms with Gasteiger partial charge < -0.3 is 14.2 Å². The zero-order chi connectivity index (χ0) is 20.2. The Balaban J connectivity index is 1.49. The predicted molar refractivity (Wildman–Crippen MR) is 114 cm³/mol. The van der Waals surface area contributed by atoms with Crippen LogP contribution < -0.4 is 4.90 Å². The lowest BCUT2D eigenvalue weighted by atomic mass is 10.1. The Hall–Kier alpha value is -2.85. The fourth-order valence-corrected chi connectivity index (χ4v) is 4.04. The fraction of sp³-hybridized carbons (Fsp3) is 0.320. The first-order valence-corrected chi connectivity index (χ1v) is 10.3. The van der Waals surface area contributed by atoms with E-state index in [1.54, 1.807) is 4.90 Å². The Morgan fingerprint density at radius 3 is 2.59 bits per heavy atom. The van der Waals surface area contributed by atoms with Crippen molar-refractivity contribution in [3.05, 3.63) is 94.8 Å². The molecule has 1 unspecified atom stereocenters. The minimum Gasteiger partial charge on any atom is -0.465 e. The van der Waals surface area contributed by atoms with Crippen molar-refractivity contribution in [3.8, 4) is 0 Å². The van der Waals surface area contributed by atoms with Crippen molar-refractivity contribution >= 4 is 5.97 Å². The molecule has 1 fully saturated rings. The molecule has 1 saturated carbocycles. The molecule has 1 aromatic heterocycles. The number of benzene rings is 2. The third-order valence-corrected chi connectivity index (χ3v) is 5.70. The van der Waals surface area contributed by atoms with Crippen LogP contribution in [0.2, 0.25) is 0 Å². The first-order chi connectivity index (χ1) is 14.1. The molecule has 0 aliphatic heterocycles. The molecule has 4 rings (SSSR count). The van der Waals surface area contributed by atoms with E-state index >= 15 is 0 Å². The summed E-state index contributed by atoms with van der Waals surface area (Å²) in [5.41, 5.74) is 5.81. The van der Waals surface area contributed by atoms with Gasteiger partial charge in [-0.15, -0.1) is 0 Å². The highest BCUT2D eigenvalue weighted by atomic mass is 16.5. The van der Waals surface area contributed by atoms with E-state index < -0.39 is 0 Å². The Bertz CT molecular complexity index is 988. The molecule has 29 heavy (non-hydrogen) atoms. The van der Waals surface area contributed by atoms with Gasteiger partial charge in [0.2, 0.25) is 0 Å². The van der Waals surface area contributed by atoms with Gasteiger partial charge >= 0.3 is 5.97 Å². The number of quaternary nitrogens is 1. The van der Waals surface area contributed by atoms with Crippen LogP contribution in [0, 0.1) is 6.92 Å². The zero-order valence-corrected chi connectivity index (χ0v) is 17.2. The van der Waals surface area contributed by atoms with Gasteiger partial charge in [-0.25, -0.2) is 4.79 Å². The normalized spacial score (nSPS) is 14.6. The third kappa shape index (κ3) is 4.96. The molecule has 0 saturated heterocycles. The molecular formula is C25H29N2O2+. The second-order valence-electron chi connectivity index (χ2n) is 8.09. The van der Waals surface area contributed by atoms with Crippen LogP contribution in [0.25, 0.3) is 0 Å². The summed E-state index contributed by atoms with van der Waals surface area (Å²) in [7, 11) is 1.43. The molecule has 4 heteroatoms. The van der Waals surface area contributed by atoms with E-state index in [2.05, 4.69) is 60.2 Å². The molecule has 0 radical (unpaired) electrons. The average molecular weight is 390 g/mol. The maximum absolute atomic E-state index is 11.9. The molecule has 1 atom stereocenters. The Morgan fingerprint density at radius 2 is 1.83 bits per heavy atom. The number of carbonyl (C=O) groups excluding carboxylic acids is 1. The molecule has 4 nitrogen and oxygen atoms in total. The quantitative estimate of drug-likeness (QED) is 0.600. The van der Waals surface area contributed by atoms with E-state index in [0.717, 1.165) is 19.6 Å². The molecule has 0 bridgehead atoms. The monoisotopic (exact) mass is 389 g/mol. The van der Waals surface area contributed by atoms with Crippen molar-refractivity contribution in [2.24, 2.45) is 0 Å². The van der Waals surface area contributed by atoms with Gasteiger partial charge in [0.25, 0.3) is 0 Å². The highest BCUT2D eigenvalue weighted by Crippen LogP contribution is 2.17. The zero-order valence-electron chi connectivity index (χ0n) is 17.2. The van der Waals surface area contributed by atoms with Gasteiger partial charge in [0.15, 0.2) is 0 Å². The molecule has 0 amide bonds. The average Bonchev–Trinajstić information content (AvgIpc) is 3.49. The number of hydrogen-bond donors (Lipinski definition) is 1. The van der Waals surface area contributed by atoms with Crippen LogP contribution in [0.15, 0.2) is 66.9 Å². The SMILES string of the molecule is COC(=O)c1cccc(C[NH+](Cc2cccn2Cc2cccc(C)c2)C2CC2)c1. The van der Waals surface area contributed by atoms with E-state index in [-0.39, 0.29) is 5.97 Å². The lowest BCUT2D eigenvalue weighted by molar-refractivity contribution is -0.938. The van der Waals surface area contributed by atoms with Crippen molar-refractivity contribution in [2.75, 3.05) is 7.11 Å². The Morgan fingerprint density at radius 1 is 1.03 bits per heavy atom. The molecule has 3 aromatic rings. The van der Waals surface area contributed by atoms with Crippen molar-refractivity contribution in [1.29, 1.82) is 0 Å². The predicted octanol–water partition coefficient (Wildman–Crippen LogP) is 3.38. The van der Waals surface area contributed by atoms with Gasteiger partial charge in [-0.3, -0.25) is 0 Å². The van der Waals surface area contributed by atoms with E-state index in [1.807, 2.05) is 18.2 Å². The molecule has 1 heterocycles. The van der Waals surface area contributed by atoms with Crippen LogP contribution in [0.4, 0.5) is 0 Å². The number of nitrogens with zero attached hydrogens (tertiary/aromatic N) is 1. The topological polar surface area (TPSA) is 35.7 Å². The van der Waals surface area contributed by atoms with Crippen molar-refractivity contribution < 1.29 is 14.4 Å². The third-order valence-electron chi connectivity index (χ3n) is 5.70. The number of carbonyl (C=O) groups is 1. The molecule has 1 aliphatic rings. The molecule has 1 aliphatic carbocycles. The number of ether oxygens (including phenoxy) is 1. The standard InChI is InChI=1S/C25H28N2O2/c1-19-6-3-7-20(14-19)16-26-13-5-10-24(26)18-27(23-11-12-23)17-21-8-4-9-22(15-21)25(28)29-2/h3-10,13-15,23H,11-12,16-18H2,1-2H3/p+1. The molecular weight excluding hydrogens is 360 g/mol. The molecule has 0 spiro atoms. The van der Waals surface area contributed by atoms with E-state index in [9.17, 15) is 4.79 Å². The molecule has 2 aromatic carbocycles. The summed E-state index contributed by atoms with van der Waals surface area (Å²) in [4.78, 5) is 13.4. The highest BCUT2D eigenvalue weighted by molar-refractivity contribution is 5.89. The van der Waals surface area contributed by atoms with E-state index in [0.29, 0.717) is 11.6 Å². The number of methoxy groups -OCH3 is 1. The minimum absolute atomic E-state index is 0.271. The number of rotatable bonds is 8. The van der Waals surface area contributed by atoms with Gasteiger partial charge in [-0.2, -0.15) is 0 Å². The number of esters is 1. The number of hydrogen-bond acceptors (Lipinski definition) is 2. The number of aromatic nitrogens is 1. The van der Waals surface area contributed by atoms with Crippen molar-refractivity contribution in [1.82, 2.24) is 4.57 Å². The largest absolute Gasteiger partial charge is 0.465 e. The van der Waals surface area contributed by atoms with Crippen LogP contribution >= 0.6 is 0 Å². The summed E-state index contributed by atoms with van der Waals surface area (Å²) in [6.07, 6.45) is 4.75. The smallest absolute Gasteiger partial charge is 0.337 e. The number of aryl methyl sites for hydroxylation is 1. The second kappa shape index (κ2) is 8.66. The van der Waals surface area contributed by atoms with Gasteiger partial charge in [0.1, 0.15) is 13.1 Å². The fourth-order valence-electron chi connectivity index (χ4n) is 4.04. The summed E-state index contributed by atoms with van der Waals surface area (Å²) >= 11 is 0. The highest BCUT2D eigenvalue weighted by Gasteiger charge is 2.33. The van der Waals surface area contributed by atoms with Crippen LogP contribution in [0.5, 0.6) is 0 Å². The molecule has 150 valence electrons. The maximum atomic E-state index is 11.9. The van der Waals surface area contributed by atoms with E-state index in [1.165, 1.54) is 42.3 Å². The van der Waals surface area contributed by atoms with Gasteiger partial charge in [-0.05, 0) is 36.8 Å². The summed E-state index contributed by atoms with van der Waals surface area (Å²) in [5, 5.41) is 0. The van der Waals surface area contributed by atoms with Crippen LogP contribution in [-0.2, 0) is 24.4 Å². The molecule has 1 N–H and O–H groups in total. The van der Waals surface area contributed by atoms with Crippen LogP contribution in [-0.4, -0.2) is 23.7 Å². The van der Waals surface area contributed by atoms with E-state index in [4.69, 9.17) is 4.74 Å². The summed E-state index contributed by atoms with van der Waals surface area (Å²) in [6, 6.07) is 21.7. The van der Waals surface area contributed by atoms with Crippen LogP contribution in [0.3, 0.4) is 0 Å². The van der Waals surface area contributed by atoms with Crippen molar-refractivity contribution in [2.45, 2.75) is 45.4 Å². The first-order valence-electron chi connectivity index (χ1n) is 10.3. The lowest BCUT2D eigenvalue weighted by Crippen LogP contribution is -3.10. The van der Waals surface area contributed by atoms with Crippen molar-refractivity contribution in [3.63, 3.8) is 0 Å². The summed E-state index contributed by atoms with van der Waals surface area (Å²) in [5.74, 6) is -0.271.